The zero-order valence-electron chi connectivity index (χ0n) is 29.8. The summed E-state index contributed by atoms with van der Waals surface area (Å²) < 4.78 is 9.05. The van der Waals surface area contributed by atoms with E-state index in [0.29, 0.717) is 5.89 Å². The van der Waals surface area contributed by atoms with Crippen molar-refractivity contribution in [2.24, 2.45) is 0 Å². The van der Waals surface area contributed by atoms with E-state index in [-0.39, 0.29) is 0 Å². The second-order valence-corrected chi connectivity index (χ2v) is 14.0. The van der Waals surface area contributed by atoms with Crippen LogP contribution in [0.4, 0.5) is 17.1 Å². The lowest BCUT2D eigenvalue weighted by Crippen LogP contribution is -2.12. The first kappa shape index (κ1) is 31.1. The van der Waals surface area contributed by atoms with Crippen LogP contribution in [-0.4, -0.2) is 9.55 Å². The maximum Gasteiger partial charge on any atom is 0.227 e. The second kappa shape index (κ2) is 12.6. The number of nitrogens with zero attached hydrogens (tertiary/aromatic N) is 3. The third-order valence-electron chi connectivity index (χ3n) is 10.8. The lowest BCUT2D eigenvalue weighted by molar-refractivity contribution is 0.623. The third-order valence-corrected chi connectivity index (χ3v) is 10.8. The highest BCUT2D eigenvalue weighted by atomic mass is 16.3. The molecular weight excluding hydrogens is 671 g/mol. The third kappa shape index (κ3) is 5.11. The van der Waals surface area contributed by atoms with E-state index in [1.807, 2.05) is 30.3 Å². The molecule has 0 spiro atoms. The van der Waals surface area contributed by atoms with Gasteiger partial charge in [0.05, 0.1) is 16.7 Å². The van der Waals surface area contributed by atoms with Crippen molar-refractivity contribution in [1.29, 1.82) is 0 Å². The van der Waals surface area contributed by atoms with Crippen LogP contribution in [0.5, 0.6) is 0 Å². The first-order chi connectivity index (χ1) is 27.3. The van der Waals surface area contributed by atoms with Crippen LogP contribution in [0.3, 0.4) is 0 Å². The molecule has 0 bridgehead atoms. The molecule has 0 saturated heterocycles. The maximum atomic E-state index is 6.64. The Morgan fingerprint density at radius 1 is 0.455 bits per heavy atom. The number of aromatic nitrogens is 2. The van der Waals surface area contributed by atoms with Crippen LogP contribution in [-0.2, 0) is 0 Å². The van der Waals surface area contributed by atoms with Crippen LogP contribution < -0.4 is 4.90 Å². The van der Waals surface area contributed by atoms with E-state index in [4.69, 9.17) is 9.40 Å². The number of fused-ring (bicyclic) bond motifs is 8. The SMILES string of the molecule is c1ccc(-c2cccc(N(c3ccc4ccc5ccc6nc(-c7ccccc7)oc6c5c4c3)c3cccc4c5ccccc5n(-c5ccccc5)c34)c2)cc1. The monoisotopic (exact) mass is 703 g/mol. The van der Waals surface area contributed by atoms with E-state index in [1.165, 1.54) is 21.9 Å². The van der Waals surface area contributed by atoms with Gasteiger partial charge in [0, 0.05) is 38.8 Å². The van der Waals surface area contributed by atoms with Gasteiger partial charge in [-0.25, -0.2) is 4.98 Å². The fraction of sp³-hybridized carbons (Fsp3) is 0. The van der Waals surface area contributed by atoms with Crippen molar-refractivity contribution in [3.05, 3.63) is 200 Å². The van der Waals surface area contributed by atoms with Gasteiger partial charge in [0.15, 0.2) is 5.58 Å². The highest BCUT2D eigenvalue weighted by Gasteiger charge is 2.23. The van der Waals surface area contributed by atoms with Crippen LogP contribution in [0, 0.1) is 0 Å². The average molecular weight is 704 g/mol. The highest BCUT2D eigenvalue weighted by molar-refractivity contribution is 6.19. The van der Waals surface area contributed by atoms with Crippen molar-refractivity contribution in [1.82, 2.24) is 9.55 Å². The molecule has 0 atom stereocenters. The Morgan fingerprint density at radius 2 is 1.09 bits per heavy atom. The van der Waals surface area contributed by atoms with Gasteiger partial charge < -0.3 is 13.9 Å². The first-order valence-electron chi connectivity index (χ1n) is 18.6. The predicted molar refractivity (Wildman–Crippen MR) is 229 cm³/mol. The summed E-state index contributed by atoms with van der Waals surface area (Å²) >= 11 is 0. The van der Waals surface area contributed by atoms with E-state index in [9.17, 15) is 0 Å². The topological polar surface area (TPSA) is 34.2 Å². The quantitative estimate of drug-likeness (QED) is 0.162. The zero-order chi connectivity index (χ0) is 36.3. The van der Waals surface area contributed by atoms with Gasteiger partial charge >= 0.3 is 0 Å². The number of rotatable bonds is 6. The molecule has 0 fully saturated rings. The molecule has 55 heavy (non-hydrogen) atoms. The summed E-state index contributed by atoms with van der Waals surface area (Å²) in [6.45, 7) is 0. The fourth-order valence-electron chi connectivity index (χ4n) is 8.26. The molecule has 0 amide bonds. The average Bonchev–Trinajstić information content (AvgIpc) is 3.85. The van der Waals surface area contributed by atoms with E-state index < -0.39 is 0 Å². The number of benzene rings is 9. The molecule has 0 N–H and O–H groups in total. The molecule has 9 aromatic carbocycles. The smallest absolute Gasteiger partial charge is 0.227 e. The Kier molecular flexibility index (Phi) is 7.14. The van der Waals surface area contributed by atoms with Crippen molar-refractivity contribution >= 4 is 71.5 Å². The number of oxazole rings is 1. The molecule has 4 heteroatoms. The molecule has 0 aliphatic rings. The minimum absolute atomic E-state index is 0.621. The van der Waals surface area contributed by atoms with Crippen LogP contribution in [0.2, 0.25) is 0 Å². The summed E-state index contributed by atoms with van der Waals surface area (Å²) in [6, 6.07) is 71.1. The normalized spacial score (nSPS) is 11.6. The first-order valence-corrected chi connectivity index (χ1v) is 18.6. The van der Waals surface area contributed by atoms with Gasteiger partial charge in [0.1, 0.15) is 5.52 Å². The number of hydrogen-bond donors (Lipinski definition) is 0. The van der Waals surface area contributed by atoms with Crippen LogP contribution in [0.1, 0.15) is 0 Å². The summed E-state index contributed by atoms with van der Waals surface area (Å²) in [6.07, 6.45) is 0. The van der Waals surface area contributed by atoms with Crippen molar-refractivity contribution in [2.45, 2.75) is 0 Å². The minimum Gasteiger partial charge on any atom is -0.435 e. The lowest BCUT2D eigenvalue weighted by Gasteiger charge is -2.28. The molecule has 258 valence electrons. The summed E-state index contributed by atoms with van der Waals surface area (Å²) in [5, 5.41) is 6.82. The molecule has 0 radical (unpaired) electrons. The fourth-order valence-corrected chi connectivity index (χ4v) is 8.26. The number of para-hydroxylation sites is 3. The largest absolute Gasteiger partial charge is 0.435 e. The molecular formula is C51H33N3O. The van der Waals surface area contributed by atoms with Gasteiger partial charge in [-0.15, -0.1) is 0 Å². The van der Waals surface area contributed by atoms with Gasteiger partial charge in [-0.05, 0) is 94.0 Å². The molecule has 11 rings (SSSR count). The van der Waals surface area contributed by atoms with Crippen molar-refractivity contribution in [2.75, 3.05) is 4.90 Å². The van der Waals surface area contributed by atoms with Gasteiger partial charge in [0.2, 0.25) is 5.89 Å². The number of anilines is 3. The standard InChI is InChI=1S/C51H33N3O/c1-4-14-34(15-5-1)38-18-12-21-40(32-38)53(47-25-13-23-43-42-22-10-11-24-46(42)54(49(43)47)39-19-8-3-9-20-39)41-30-28-35-26-27-36-29-31-45-50(48(36)44(35)33-41)55-51(52-45)37-16-6-2-7-17-37/h1-33H. The number of hydrogen-bond acceptors (Lipinski definition) is 3. The zero-order valence-corrected chi connectivity index (χ0v) is 29.8. The highest BCUT2D eigenvalue weighted by Crippen LogP contribution is 2.45. The molecule has 2 heterocycles. The molecule has 0 aliphatic carbocycles. The molecule has 0 unspecified atom stereocenters. The van der Waals surface area contributed by atoms with Gasteiger partial charge in [0.25, 0.3) is 0 Å². The molecule has 2 aromatic heterocycles. The van der Waals surface area contributed by atoms with Crippen molar-refractivity contribution < 1.29 is 4.42 Å². The van der Waals surface area contributed by atoms with Crippen LogP contribution >= 0.6 is 0 Å². The van der Waals surface area contributed by atoms with Gasteiger partial charge in [-0.1, -0.05) is 133 Å². The Labute approximate surface area is 317 Å². The molecule has 0 aliphatic heterocycles. The maximum absolute atomic E-state index is 6.64. The van der Waals surface area contributed by atoms with Crippen LogP contribution in [0.15, 0.2) is 205 Å². The molecule has 4 nitrogen and oxygen atoms in total. The van der Waals surface area contributed by atoms with E-state index in [0.717, 1.165) is 72.0 Å². The van der Waals surface area contributed by atoms with E-state index in [1.54, 1.807) is 0 Å². The van der Waals surface area contributed by atoms with Gasteiger partial charge in [-0.3, -0.25) is 0 Å². The van der Waals surface area contributed by atoms with E-state index >= 15 is 0 Å². The Bertz CT molecular complexity index is 3200. The second-order valence-electron chi connectivity index (χ2n) is 14.0. The van der Waals surface area contributed by atoms with Crippen molar-refractivity contribution in [3.63, 3.8) is 0 Å². The Balaban J connectivity index is 1.21. The van der Waals surface area contributed by atoms with Crippen LogP contribution in [0.25, 0.3) is 82.7 Å². The summed E-state index contributed by atoms with van der Waals surface area (Å²) in [4.78, 5) is 7.36. The summed E-state index contributed by atoms with van der Waals surface area (Å²) in [5.74, 6) is 0.621. The van der Waals surface area contributed by atoms with E-state index in [2.05, 4.69) is 179 Å². The molecule has 0 saturated carbocycles. The lowest BCUT2D eigenvalue weighted by atomic mass is 9.99. The van der Waals surface area contributed by atoms with Gasteiger partial charge in [-0.2, -0.15) is 0 Å². The Hall–Kier alpha value is -7.43. The minimum atomic E-state index is 0.621. The predicted octanol–water partition coefficient (Wildman–Crippen LogP) is 14.0. The summed E-state index contributed by atoms with van der Waals surface area (Å²) in [7, 11) is 0. The molecule has 11 aromatic rings. The van der Waals surface area contributed by atoms with Crippen molar-refractivity contribution in [3.8, 4) is 28.3 Å². The summed E-state index contributed by atoms with van der Waals surface area (Å²) in [5.41, 5.74) is 11.5. The Morgan fingerprint density at radius 3 is 1.93 bits per heavy atom.